The van der Waals surface area contributed by atoms with Gasteiger partial charge in [-0.05, 0) is 44.0 Å². The quantitative estimate of drug-likeness (QED) is 0.720. The molecule has 0 aliphatic rings. The van der Waals surface area contributed by atoms with Gasteiger partial charge < -0.3 is 15.2 Å². The lowest BCUT2D eigenvalue weighted by Crippen LogP contribution is -2.38. The molecule has 1 aromatic carbocycles. The van der Waals surface area contributed by atoms with Crippen LogP contribution in [-0.4, -0.2) is 23.9 Å². The van der Waals surface area contributed by atoms with Crippen LogP contribution in [0.25, 0.3) is 0 Å². The van der Waals surface area contributed by atoms with E-state index in [0.717, 1.165) is 18.5 Å². The van der Waals surface area contributed by atoms with Gasteiger partial charge in [-0.25, -0.2) is 4.39 Å². The van der Waals surface area contributed by atoms with Gasteiger partial charge in [0.05, 0.1) is 5.60 Å². The van der Waals surface area contributed by atoms with Crippen molar-refractivity contribution in [3.05, 3.63) is 29.6 Å². The summed E-state index contributed by atoms with van der Waals surface area (Å²) in [6.45, 7) is 9.34. The molecule has 0 saturated carbocycles. The summed E-state index contributed by atoms with van der Waals surface area (Å²) in [5, 5.41) is 13.4. The number of aliphatic hydroxyl groups is 1. The first-order valence-corrected chi connectivity index (χ1v) is 7.21. The molecule has 2 N–H and O–H groups in total. The molecule has 1 atom stereocenters. The van der Waals surface area contributed by atoms with Crippen LogP contribution in [0.2, 0.25) is 0 Å². The number of ether oxygens (including phenoxy) is 1. The van der Waals surface area contributed by atoms with E-state index in [2.05, 4.69) is 12.2 Å². The molecule has 3 nitrogen and oxygen atoms in total. The highest BCUT2D eigenvalue weighted by Crippen LogP contribution is 2.23. The predicted octanol–water partition coefficient (Wildman–Crippen LogP) is 3.11. The van der Waals surface area contributed by atoms with E-state index in [-0.39, 0.29) is 18.3 Å². The third-order valence-corrected chi connectivity index (χ3v) is 3.53. The summed E-state index contributed by atoms with van der Waals surface area (Å²) in [5.74, 6) is 0.432. The zero-order valence-electron chi connectivity index (χ0n) is 12.9. The lowest BCUT2D eigenvalue weighted by molar-refractivity contribution is -0.0269. The van der Waals surface area contributed by atoms with Crippen molar-refractivity contribution < 1.29 is 14.2 Å². The standard InChI is InChI=1S/C16H26FNO2/c1-5-8-18-10-13-9-14(17)6-7-15(13)20-11-16(4,19)12(2)3/h6-7,9,12,18-19H,5,8,10-11H2,1-4H3. The second kappa shape index (κ2) is 7.60. The minimum atomic E-state index is -0.900. The van der Waals surface area contributed by atoms with Crippen molar-refractivity contribution in [1.82, 2.24) is 5.32 Å². The molecular formula is C16H26FNO2. The minimum Gasteiger partial charge on any atom is -0.490 e. The maximum Gasteiger partial charge on any atom is 0.124 e. The van der Waals surface area contributed by atoms with Crippen molar-refractivity contribution in [1.29, 1.82) is 0 Å². The molecule has 0 amide bonds. The van der Waals surface area contributed by atoms with E-state index in [1.165, 1.54) is 12.1 Å². The van der Waals surface area contributed by atoms with Crippen LogP contribution in [0.4, 0.5) is 4.39 Å². The normalized spacial score (nSPS) is 14.3. The second-order valence-electron chi connectivity index (χ2n) is 5.73. The van der Waals surface area contributed by atoms with Gasteiger partial charge in [-0.15, -0.1) is 0 Å². The van der Waals surface area contributed by atoms with E-state index >= 15 is 0 Å². The van der Waals surface area contributed by atoms with Crippen LogP contribution >= 0.6 is 0 Å². The fraction of sp³-hybridized carbons (Fsp3) is 0.625. The Labute approximate surface area is 121 Å². The average molecular weight is 283 g/mol. The van der Waals surface area contributed by atoms with Crippen LogP contribution in [0, 0.1) is 11.7 Å². The molecule has 0 saturated heterocycles. The van der Waals surface area contributed by atoms with Gasteiger partial charge in [0.1, 0.15) is 18.2 Å². The Balaban J connectivity index is 2.73. The fourth-order valence-corrected chi connectivity index (χ4v) is 1.62. The number of halogens is 1. The van der Waals surface area contributed by atoms with Crippen LogP contribution in [0.5, 0.6) is 5.75 Å². The Morgan fingerprint density at radius 1 is 1.40 bits per heavy atom. The van der Waals surface area contributed by atoms with Crippen LogP contribution < -0.4 is 10.1 Å². The van der Waals surface area contributed by atoms with Gasteiger partial charge in [0, 0.05) is 12.1 Å². The largest absolute Gasteiger partial charge is 0.490 e. The SMILES string of the molecule is CCCNCc1cc(F)ccc1OCC(C)(O)C(C)C. The minimum absolute atomic E-state index is 0.0876. The molecule has 0 fully saturated rings. The smallest absolute Gasteiger partial charge is 0.124 e. The zero-order chi connectivity index (χ0) is 15.2. The number of hydrogen-bond acceptors (Lipinski definition) is 3. The summed E-state index contributed by atoms with van der Waals surface area (Å²) in [6.07, 6.45) is 1.02. The number of hydrogen-bond donors (Lipinski definition) is 2. The third kappa shape index (κ3) is 5.10. The molecule has 0 aliphatic carbocycles. The second-order valence-corrected chi connectivity index (χ2v) is 5.73. The van der Waals surface area contributed by atoms with Crippen molar-refractivity contribution in [3.8, 4) is 5.75 Å². The first kappa shape index (κ1) is 16.9. The molecule has 1 unspecified atom stereocenters. The number of rotatable bonds is 8. The van der Waals surface area contributed by atoms with E-state index in [4.69, 9.17) is 4.74 Å². The highest BCUT2D eigenvalue weighted by atomic mass is 19.1. The molecular weight excluding hydrogens is 257 g/mol. The van der Waals surface area contributed by atoms with Crippen LogP contribution in [0.1, 0.15) is 39.7 Å². The van der Waals surface area contributed by atoms with Crippen LogP contribution in [-0.2, 0) is 6.54 Å². The summed E-state index contributed by atoms with van der Waals surface area (Å²) in [7, 11) is 0. The van der Waals surface area contributed by atoms with Gasteiger partial charge >= 0.3 is 0 Å². The predicted molar refractivity (Wildman–Crippen MR) is 79.4 cm³/mol. The maximum atomic E-state index is 13.3. The van der Waals surface area contributed by atoms with Crippen molar-refractivity contribution in [2.75, 3.05) is 13.2 Å². The maximum absolute atomic E-state index is 13.3. The van der Waals surface area contributed by atoms with Crippen LogP contribution in [0.3, 0.4) is 0 Å². The summed E-state index contributed by atoms with van der Waals surface area (Å²) in [4.78, 5) is 0. The van der Waals surface area contributed by atoms with Gasteiger partial charge in [-0.2, -0.15) is 0 Å². The van der Waals surface area contributed by atoms with Crippen LogP contribution in [0.15, 0.2) is 18.2 Å². The van der Waals surface area contributed by atoms with Gasteiger partial charge in [-0.3, -0.25) is 0 Å². The summed E-state index contributed by atoms with van der Waals surface area (Å²) >= 11 is 0. The van der Waals surface area contributed by atoms with Gasteiger partial charge in [-0.1, -0.05) is 20.8 Å². The average Bonchev–Trinajstić information content (AvgIpc) is 2.38. The first-order chi connectivity index (χ1) is 9.36. The molecule has 4 heteroatoms. The molecule has 0 aromatic heterocycles. The molecule has 0 bridgehead atoms. The Bertz CT molecular complexity index is 419. The first-order valence-electron chi connectivity index (χ1n) is 7.21. The highest BCUT2D eigenvalue weighted by molar-refractivity contribution is 5.34. The molecule has 0 spiro atoms. The number of nitrogens with one attached hydrogen (secondary N) is 1. The van der Waals surface area contributed by atoms with E-state index in [1.54, 1.807) is 13.0 Å². The Morgan fingerprint density at radius 3 is 2.70 bits per heavy atom. The monoisotopic (exact) mass is 283 g/mol. The lowest BCUT2D eigenvalue weighted by Gasteiger charge is -2.28. The molecule has 0 radical (unpaired) electrons. The summed E-state index contributed by atoms with van der Waals surface area (Å²) < 4.78 is 19.0. The Hall–Kier alpha value is -1.13. The lowest BCUT2D eigenvalue weighted by atomic mass is 9.94. The van der Waals surface area contributed by atoms with Gasteiger partial charge in [0.2, 0.25) is 0 Å². The zero-order valence-corrected chi connectivity index (χ0v) is 12.9. The van der Waals surface area contributed by atoms with E-state index in [9.17, 15) is 9.50 Å². The molecule has 0 heterocycles. The molecule has 1 rings (SSSR count). The van der Waals surface area contributed by atoms with E-state index < -0.39 is 5.60 Å². The topological polar surface area (TPSA) is 41.5 Å². The Morgan fingerprint density at radius 2 is 2.10 bits per heavy atom. The van der Waals surface area contributed by atoms with Gasteiger partial charge in [0.15, 0.2) is 0 Å². The molecule has 114 valence electrons. The van der Waals surface area contributed by atoms with Crippen molar-refractivity contribution in [3.63, 3.8) is 0 Å². The Kier molecular flexibility index (Phi) is 6.43. The highest BCUT2D eigenvalue weighted by Gasteiger charge is 2.26. The number of benzene rings is 1. The summed E-state index contributed by atoms with van der Waals surface area (Å²) in [6, 6.07) is 4.47. The van der Waals surface area contributed by atoms with Gasteiger partial charge in [0.25, 0.3) is 0 Å². The van der Waals surface area contributed by atoms with Crippen molar-refractivity contribution in [2.24, 2.45) is 5.92 Å². The van der Waals surface area contributed by atoms with E-state index in [1.807, 2.05) is 13.8 Å². The molecule has 20 heavy (non-hydrogen) atoms. The van der Waals surface area contributed by atoms with E-state index in [0.29, 0.717) is 12.3 Å². The third-order valence-electron chi connectivity index (χ3n) is 3.53. The fourth-order valence-electron chi connectivity index (χ4n) is 1.62. The molecule has 0 aliphatic heterocycles. The van der Waals surface area contributed by atoms with Crippen molar-refractivity contribution >= 4 is 0 Å². The van der Waals surface area contributed by atoms with Crippen molar-refractivity contribution in [2.45, 2.75) is 46.3 Å². The summed E-state index contributed by atoms with van der Waals surface area (Å²) in [5.41, 5.74) is -0.124. The molecule has 1 aromatic rings.